The molecule has 0 saturated carbocycles. The molecule has 2 aromatic carbocycles. The van der Waals surface area contributed by atoms with Crippen LogP contribution in [0.25, 0.3) is 22.0 Å². The van der Waals surface area contributed by atoms with Gasteiger partial charge in [-0.2, -0.15) is 0 Å². The number of aromatic hydroxyl groups is 1. The summed E-state index contributed by atoms with van der Waals surface area (Å²) >= 11 is 5.96. The SMILES string of the molecule is Oc1ccc(Cl)cc1-c1ccc2cccnc2c1. The van der Waals surface area contributed by atoms with Crippen LogP contribution in [0.3, 0.4) is 0 Å². The molecule has 3 rings (SSSR count). The number of phenolic OH excluding ortho intramolecular Hbond substituents is 1. The molecular weight excluding hydrogens is 246 g/mol. The highest BCUT2D eigenvalue weighted by molar-refractivity contribution is 6.31. The molecule has 0 amide bonds. The first kappa shape index (κ1) is 11.1. The Hall–Kier alpha value is -2.06. The van der Waals surface area contributed by atoms with E-state index >= 15 is 0 Å². The molecule has 88 valence electrons. The van der Waals surface area contributed by atoms with E-state index < -0.39 is 0 Å². The van der Waals surface area contributed by atoms with Crippen molar-refractivity contribution in [1.29, 1.82) is 0 Å². The van der Waals surface area contributed by atoms with E-state index in [4.69, 9.17) is 11.6 Å². The number of rotatable bonds is 1. The molecule has 0 aliphatic rings. The molecule has 1 aromatic heterocycles. The van der Waals surface area contributed by atoms with Crippen LogP contribution in [0, 0.1) is 0 Å². The Morgan fingerprint density at radius 2 is 1.89 bits per heavy atom. The number of halogens is 1. The van der Waals surface area contributed by atoms with Crippen LogP contribution in [-0.4, -0.2) is 10.1 Å². The summed E-state index contributed by atoms with van der Waals surface area (Å²) in [4.78, 5) is 4.30. The minimum Gasteiger partial charge on any atom is -0.507 e. The monoisotopic (exact) mass is 255 g/mol. The average Bonchev–Trinajstić information content (AvgIpc) is 2.41. The second kappa shape index (κ2) is 4.31. The highest BCUT2D eigenvalue weighted by Gasteiger charge is 2.06. The van der Waals surface area contributed by atoms with Gasteiger partial charge in [0.05, 0.1) is 5.52 Å². The number of nitrogens with zero attached hydrogens (tertiary/aromatic N) is 1. The van der Waals surface area contributed by atoms with Gasteiger partial charge in [-0.15, -0.1) is 0 Å². The van der Waals surface area contributed by atoms with Crippen LogP contribution in [0.1, 0.15) is 0 Å². The molecule has 2 nitrogen and oxygen atoms in total. The maximum Gasteiger partial charge on any atom is 0.123 e. The van der Waals surface area contributed by atoms with E-state index in [0.717, 1.165) is 22.0 Å². The van der Waals surface area contributed by atoms with E-state index in [1.54, 1.807) is 24.4 Å². The lowest BCUT2D eigenvalue weighted by molar-refractivity contribution is 0.477. The number of benzene rings is 2. The minimum absolute atomic E-state index is 0.217. The van der Waals surface area contributed by atoms with Crippen molar-refractivity contribution in [2.45, 2.75) is 0 Å². The van der Waals surface area contributed by atoms with Gasteiger partial charge < -0.3 is 5.11 Å². The normalized spacial score (nSPS) is 10.7. The Morgan fingerprint density at radius 1 is 1.00 bits per heavy atom. The summed E-state index contributed by atoms with van der Waals surface area (Å²) < 4.78 is 0. The van der Waals surface area contributed by atoms with Gasteiger partial charge in [0.15, 0.2) is 0 Å². The third-order valence-corrected chi connectivity index (χ3v) is 3.11. The Bertz CT molecular complexity index is 725. The first-order valence-corrected chi connectivity index (χ1v) is 5.95. The second-order valence-electron chi connectivity index (χ2n) is 4.07. The van der Waals surface area contributed by atoms with E-state index in [9.17, 15) is 5.11 Å². The van der Waals surface area contributed by atoms with E-state index in [1.807, 2.05) is 30.3 Å². The van der Waals surface area contributed by atoms with Crippen molar-refractivity contribution in [2.75, 3.05) is 0 Å². The third kappa shape index (κ3) is 1.91. The van der Waals surface area contributed by atoms with Crippen molar-refractivity contribution in [3.8, 4) is 16.9 Å². The molecule has 1 N–H and O–H groups in total. The second-order valence-corrected chi connectivity index (χ2v) is 4.51. The maximum atomic E-state index is 9.88. The molecule has 1 heterocycles. The Kier molecular flexibility index (Phi) is 2.65. The van der Waals surface area contributed by atoms with E-state index in [1.165, 1.54) is 0 Å². The van der Waals surface area contributed by atoms with Crippen LogP contribution in [-0.2, 0) is 0 Å². The van der Waals surface area contributed by atoms with E-state index in [0.29, 0.717) is 5.02 Å². The van der Waals surface area contributed by atoms with Crippen molar-refractivity contribution < 1.29 is 5.11 Å². The molecule has 18 heavy (non-hydrogen) atoms. The summed E-state index contributed by atoms with van der Waals surface area (Å²) in [6, 6.07) is 14.8. The minimum atomic E-state index is 0.217. The fourth-order valence-electron chi connectivity index (χ4n) is 1.97. The summed E-state index contributed by atoms with van der Waals surface area (Å²) in [6.07, 6.45) is 1.75. The zero-order chi connectivity index (χ0) is 12.5. The summed E-state index contributed by atoms with van der Waals surface area (Å²) in [5.41, 5.74) is 2.52. The van der Waals surface area contributed by atoms with Gasteiger partial charge in [-0.25, -0.2) is 0 Å². The average molecular weight is 256 g/mol. The molecule has 0 aliphatic heterocycles. The molecule has 0 aliphatic carbocycles. The number of pyridine rings is 1. The lowest BCUT2D eigenvalue weighted by Gasteiger charge is -2.06. The topological polar surface area (TPSA) is 33.1 Å². The summed E-state index contributed by atoms with van der Waals surface area (Å²) in [6.45, 7) is 0. The fourth-order valence-corrected chi connectivity index (χ4v) is 2.15. The number of phenols is 1. The van der Waals surface area contributed by atoms with Crippen molar-refractivity contribution in [1.82, 2.24) is 4.98 Å². The van der Waals surface area contributed by atoms with Gasteiger partial charge in [0.1, 0.15) is 5.75 Å². The largest absolute Gasteiger partial charge is 0.507 e. The zero-order valence-electron chi connectivity index (χ0n) is 9.47. The zero-order valence-corrected chi connectivity index (χ0v) is 10.2. The molecule has 0 fully saturated rings. The predicted octanol–water partition coefficient (Wildman–Crippen LogP) is 4.26. The van der Waals surface area contributed by atoms with Crippen molar-refractivity contribution in [3.63, 3.8) is 0 Å². The number of hydrogen-bond donors (Lipinski definition) is 1. The Morgan fingerprint density at radius 3 is 2.78 bits per heavy atom. The van der Waals surface area contributed by atoms with Crippen LogP contribution in [0.5, 0.6) is 5.75 Å². The van der Waals surface area contributed by atoms with Gasteiger partial charge in [-0.05, 0) is 35.9 Å². The molecule has 3 aromatic rings. The van der Waals surface area contributed by atoms with Gasteiger partial charge in [0.25, 0.3) is 0 Å². The molecule has 0 saturated heterocycles. The van der Waals surface area contributed by atoms with Crippen molar-refractivity contribution in [3.05, 3.63) is 59.8 Å². The summed E-state index contributed by atoms with van der Waals surface area (Å²) in [5.74, 6) is 0.217. The Labute approximate surface area is 109 Å². The van der Waals surface area contributed by atoms with Crippen LogP contribution in [0.2, 0.25) is 5.02 Å². The maximum absolute atomic E-state index is 9.88. The number of fused-ring (bicyclic) bond motifs is 1. The smallest absolute Gasteiger partial charge is 0.123 e. The lowest BCUT2D eigenvalue weighted by Crippen LogP contribution is -1.82. The van der Waals surface area contributed by atoms with Gasteiger partial charge in [0, 0.05) is 22.2 Å². The molecule has 3 heteroatoms. The molecule has 0 unspecified atom stereocenters. The van der Waals surface area contributed by atoms with Crippen LogP contribution in [0.15, 0.2) is 54.7 Å². The van der Waals surface area contributed by atoms with Crippen molar-refractivity contribution >= 4 is 22.5 Å². The van der Waals surface area contributed by atoms with Crippen molar-refractivity contribution in [2.24, 2.45) is 0 Å². The molecule has 0 atom stereocenters. The molecular formula is C15H10ClNO. The van der Waals surface area contributed by atoms with E-state index in [2.05, 4.69) is 4.98 Å². The van der Waals surface area contributed by atoms with Crippen LogP contribution >= 0.6 is 11.6 Å². The quantitative estimate of drug-likeness (QED) is 0.705. The predicted molar refractivity (Wildman–Crippen MR) is 73.9 cm³/mol. The van der Waals surface area contributed by atoms with Gasteiger partial charge in [0.2, 0.25) is 0 Å². The van der Waals surface area contributed by atoms with Gasteiger partial charge in [-0.1, -0.05) is 29.8 Å². The molecule has 0 radical (unpaired) electrons. The Balaban J connectivity index is 2.22. The van der Waals surface area contributed by atoms with Crippen LogP contribution < -0.4 is 0 Å². The highest BCUT2D eigenvalue weighted by atomic mass is 35.5. The van der Waals surface area contributed by atoms with Gasteiger partial charge >= 0.3 is 0 Å². The van der Waals surface area contributed by atoms with Gasteiger partial charge in [-0.3, -0.25) is 4.98 Å². The molecule has 0 spiro atoms. The number of hydrogen-bond acceptors (Lipinski definition) is 2. The first-order valence-electron chi connectivity index (χ1n) is 5.58. The van der Waals surface area contributed by atoms with Crippen LogP contribution in [0.4, 0.5) is 0 Å². The molecule has 0 bridgehead atoms. The summed E-state index contributed by atoms with van der Waals surface area (Å²) in [5, 5.41) is 11.6. The number of aromatic nitrogens is 1. The lowest BCUT2D eigenvalue weighted by atomic mass is 10.0. The van der Waals surface area contributed by atoms with E-state index in [-0.39, 0.29) is 5.75 Å². The standard InChI is InChI=1S/C15H10ClNO/c16-12-5-6-15(18)13(9-12)11-4-3-10-2-1-7-17-14(10)8-11/h1-9,18H. The third-order valence-electron chi connectivity index (χ3n) is 2.88. The highest BCUT2D eigenvalue weighted by Crippen LogP contribution is 2.32. The fraction of sp³-hybridized carbons (Fsp3) is 0. The summed E-state index contributed by atoms with van der Waals surface area (Å²) in [7, 11) is 0. The first-order chi connectivity index (χ1) is 8.74.